The Morgan fingerprint density at radius 1 is 1.00 bits per heavy atom. The minimum atomic E-state index is -4.76. The second-order valence-electron chi connectivity index (χ2n) is 10.0. The first-order chi connectivity index (χ1) is 18.5. The van der Waals surface area contributed by atoms with E-state index < -0.39 is 29.1 Å². The van der Waals surface area contributed by atoms with Crippen LogP contribution in [0.4, 0.5) is 17.6 Å². The lowest BCUT2D eigenvalue weighted by molar-refractivity contribution is -0.136. The number of carbonyl (C=O) groups is 2. The van der Waals surface area contributed by atoms with Gasteiger partial charge in [-0.25, -0.2) is 13.9 Å². The average molecular weight is 539 g/mol. The minimum Gasteiger partial charge on any atom is -0.336 e. The molecule has 3 atom stereocenters. The van der Waals surface area contributed by atoms with Gasteiger partial charge in [0.2, 0.25) is 0 Å². The summed E-state index contributed by atoms with van der Waals surface area (Å²) >= 11 is 0. The topological polar surface area (TPSA) is 67.6 Å². The van der Waals surface area contributed by atoms with E-state index in [1.807, 2.05) is 19.9 Å². The van der Waals surface area contributed by atoms with E-state index in [0.29, 0.717) is 30.5 Å². The summed E-state index contributed by atoms with van der Waals surface area (Å²) in [6.45, 7) is 4.25. The van der Waals surface area contributed by atoms with E-state index in [1.54, 1.807) is 29.2 Å². The van der Waals surface area contributed by atoms with Crippen molar-refractivity contribution in [2.75, 3.05) is 6.54 Å². The number of carbonyl (C=O) groups excluding carboxylic acids is 2. The highest BCUT2D eigenvalue weighted by molar-refractivity contribution is 5.97. The second kappa shape index (κ2) is 10.2. The van der Waals surface area contributed by atoms with Crippen molar-refractivity contribution >= 4 is 17.3 Å². The Morgan fingerprint density at radius 3 is 2.36 bits per heavy atom. The molecule has 6 nitrogen and oxygen atoms in total. The molecule has 0 aliphatic carbocycles. The molecule has 0 spiro atoms. The maximum absolute atomic E-state index is 14.0. The Morgan fingerprint density at radius 2 is 1.69 bits per heavy atom. The zero-order valence-electron chi connectivity index (χ0n) is 21.3. The summed E-state index contributed by atoms with van der Waals surface area (Å²) in [5.41, 5.74) is -0.816. The van der Waals surface area contributed by atoms with Crippen LogP contribution < -0.4 is 0 Å². The molecule has 2 aromatic carbocycles. The summed E-state index contributed by atoms with van der Waals surface area (Å²) in [7, 11) is 0. The minimum absolute atomic E-state index is 0.0299. The van der Waals surface area contributed by atoms with Crippen molar-refractivity contribution in [1.82, 2.24) is 19.5 Å². The molecule has 1 fully saturated rings. The molecule has 4 aromatic rings. The van der Waals surface area contributed by atoms with E-state index in [0.717, 1.165) is 22.7 Å². The SMILES string of the molecule is CC1CCN(C(=O)c2ccccc2)C(C)CC1C(=O)c1cn2nc(-c3ccc(F)cc3)cc(C(F)(F)F)c2n1. The quantitative estimate of drug-likeness (QED) is 0.226. The zero-order valence-corrected chi connectivity index (χ0v) is 21.3. The van der Waals surface area contributed by atoms with Gasteiger partial charge in [0.25, 0.3) is 5.91 Å². The molecule has 1 aliphatic rings. The molecule has 10 heteroatoms. The zero-order chi connectivity index (χ0) is 27.9. The fraction of sp³-hybridized carbons (Fsp3) is 0.310. The predicted octanol–water partition coefficient (Wildman–Crippen LogP) is 6.31. The van der Waals surface area contributed by atoms with Crippen molar-refractivity contribution in [1.29, 1.82) is 0 Å². The number of halogens is 4. The molecule has 1 aliphatic heterocycles. The highest BCUT2D eigenvalue weighted by Crippen LogP contribution is 2.36. The lowest BCUT2D eigenvalue weighted by Gasteiger charge is -2.28. The van der Waals surface area contributed by atoms with Crippen LogP contribution in [0.2, 0.25) is 0 Å². The second-order valence-corrected chi connectivity index (χ2v) is 10.0. The van der Waals surface area contributed by atoms with E-state index in [2.05, 4.69) is 10.1 Å². The van der Waals surface area contributed by atoms with Crippen LogP contribution in [-0.2, 0) is 6.18 Å². The molecule has 0 N–H and O–H groups in total. The van der Waals surface area contributed by atoms with Gasteiger partial charge in [0, 0.05) is 29.6 Å². The van der Waals surface area contributed by atoms with Gasteiger partial charge in [0.15, 0.2) is 11.4 Å². The normalized spacial score (nSPS) is 20.2. The van der Waals surface area contributed by atoms with Crippen molar-refractivity contribution in [3.05, 3.63) is 89.5 Å². The number of Topliss-reactive ketones (excluding diaryl/α,β-unsaturated/α-hetero) is 1. The number of rotatable bonds is 4. The van der Waals surface area contributed by atoms with Crippen molar-refractivity contribution < 1.29 is 27.2 Å². The monoisotopic (exact) mass is 538 g/mol. The highest BCUT2D eigenvalue weighted by atomic mass is 19.4. The predicted molar refractivity (Wildman–Crippen MR) is 137 cm³/mol. The number of ketones is 1. The largest absolute Gasteiger partial charge is 0.420 e. The Hall–Kier alpha value is -4.08. The van der Waals surface area contributed by atoms with Gasteiger partial charge in [-0.2, -0.15) is 18.3 Å². The molecule has 0 radical (unpaired) electrons. The Labute approximate surface area is 222 Å². The first-order valence-corrected chi connectivity index (χ1v) is 12.7. The molecule has 39 heavy (non-hydrogen) atoms. The number of likely N-dealkylation sites (tertiary alicyclic amines) is 1. The molecule has 0 bridgehead atoms. The standard InChI is InChI=1S/C29H26F4N4O2/c1-17-12-13-36(28(39)20-6-4-3-5-7-20)18(2)14-22(17)26(38)25-16-37-27(34-25)23(29(31,32)33)15-24(35-37)19-8-10-21(30)11-9-19/h3-11,15-18,22H,12-14H2,1-2H3. The summed E-state index contributed by atoms with van der Waals surface area (Å²) in [6, 6.07) is 14.4. The van der Waals surface area contributed by atoms with Crippen molar-refractivity contribution in [3.63, 3.8) is 0 Å². The summed E-state index contributed by atoms with van der Waals surface area (Å²) in [6.07, 6.45) is -2.62. The number of hydrogen-bond acceptors (Lipinski definition) is 4. The van der Waals surface area contributed by atoms with E-state index in [-0.39, 0.29) is 35.0 Å². The Balaban J connectivity index is 1.47. The van der Waals surface area contributed by atoms with Crippen LogP contribution in [-0.4, -0.2) is 43.8 Å². The lowest BCUT2D eigenvalue weighted by Crippen LogP contribution is -2.39. The number of fused-ring (bicyclic) bond motifs is 1. The summed E-state index contributed by atoms with van der Waals surface area (Å²) < 4.78 is 56.3. The maximum Gasteiger partial charge on any atom is 0.420 e. The van der Waals surface area contributed by atoms with Crippen molar-refractivity contribution in [3.8, 4) is 11.3 Å². The molecule has 1 amide bonds. The number of amides is 1. The Bertz CT molecular complexity index is 1520. The number of benzene rings is 2. The van der Waals surface area contributed by atoms with Gasteiger partial charge in [-0.1, -0.05) is 25.1 Å². The third-order valence-corrected chi connectivity index (χ3v) is 7.38. The molecule has 5 rings (SSSR count). The van der Waals surface area contributed by atoms with E-state index in [9.17, 15) is 27.2 Å². The number of hydrogen-bond donors (Lipinski definition) is 0. The van der Waals surface area contributed by atoms with Gasteiger partial charge >= 0.3 is 6.18 Å². The molecule has 3 heterocycles. The fourth-order valence-electron chi connectivity index (χ4n) is 5.16. The fourth-order valence-corrected chi connectivity index (χ4v) is 5.16. The van der Waals surface area contributed by atoms with Gasteiger partial charge in [0.1, 0.15) is 17.1 Å². The van der Waals surface area contributed by atoms with E-state index in [4.69, 9.17) is 0 Å². The molecule has 2 aromatic heterocycles. The van der Waals surface area contributed by atoms with Crippen LogP contribution >= 0.6 is 0 Å². The number of nitrogens with zero attached hydrogens (tertiary/aromatic N) is 4. The average Bonchev–Trinajstić information content (AvgIpc) is 3.28. The van der Waals surface area contributed by atoms with Crippen LogP contribution in [0.15, 0.2) is 66.9 Å². The molecular weight excluding hydrogens is 512 g/mol. The van der Waals surface area contributed by atoms with Crippen LogP contribution in [0.5, 0.6) is 0 Å². The summed E-state index contributed by atoms with van der Waals surface area (Å²) in [5, 5.41) is 4.25. The molecule has 1 saturated heterocycles. The number of imidazole rings is 1. The van der Waals surface area contributed by atoms with Gasteiger partial charge in [0.05, 0.1) is 11.9 Å². The van der Waals surface area contributed by atoms with Gasteiger partial charge in [-0.05, 0) is 68.1 Å². The lowest BCUT2D eigenvalue weighted by atomic mass is 9.83. The first-order valence-electron chi connectivity index (χ1n) is 12.7. The third-order valence-electron chi connectivity index (χ3n) is 7.38. The van der Waals surface area contributed by atoms with E-state index in [1.165, 1.54) is 18.3 Å². The van der Waals surface area contributed by atoms with Crippen LogP contribution in [0.25, 0.3) is 16.9 Å². The summed E-state index contributed by atoms with van der Waals surface area (Å²) in [4.78, 5) is 32.6. The Kier molecular flexibility index (Phi) is 6.96. The first kappa shape index (κ1) is 26.5. The molecule has 0 saturated carbocycles. The van der Waals surface area contributed by atoms with Crippen LogP contribution in [0.1, 0.15) is 53.1 Å². The number of aromatic nitrogens is 3. The highest BCUT2D eigenvalue weighted by Gasteiger charge is 2.38. The molecule has 202 valence electrons. The van der Waals surface area contributed by atoms with E-state index >= 15 is 0 Å². The van der Waals surface area contributed by atoms with Gasteiger partial charge in [-0.3, -0.25) is 9.59 Å². The maximum atomic E-state index is 14.0. The van der Waals surface area contributed by atoms with Crippen molar-refractivity contribution in [2.24, 2.45) is 11.8 Å². The summed E-state index contributed by atoms with van der Waals surface area (Å²) in [5.74, 6) is -1.69. The smallest absolute Gasteiger partial charge is 0.336 e. The van der Waals surface area contributed by atoms with Crippen LogP contribution in [0, 0.1) is 17.7 Å². The van der Waals surface area contributed by atoms with Crippen molar-refractivity contribution in [2.45, 2.75) is 38.9 Å². The van der Waals surface area contributed by atoms with Gasteiger partial charge < -0.3 is 4.90 Å². The molecule has 3 unspecified atom stereocenters. The third kappa shape index (κ3) is 5.28. The number of alkyl halides is 3. The van der Waals surface area contributed by atoms with Gasteiger partial charge in [-0.15, -0.1) is 0 Å². The van der Waals surface area contributed by atoms with Crippen LogP contribution in [0.3, 0.4) is 0 Å². The molecular formula is C29H26F4N4O2.